The Morgan fingerprint density at radius 2 is 1.79 bits per heavy atom. The van der Waals surface area contributed by atoms with Gasteiger partial charge in [0.2, 0.25) is 5.91 Å². The molecule has 1 unspecified atom stereocenters. The van der Waals surface area contributed by atoms with Gasteiger partial charge in [0.1, 0.15) is 11.6 Å². The Morgan fingerprint density at radius 1 is 1.17 bits per heavy atom. The first-order valence-corrected chi connectivity index (χ1v) is 7.94. The maximum absolute atomic E-state index is 12.3. The predicted molar refractivity (Wildman–Crippen MR) is 91.8 cm³/mol. The van der Waals surface area contributed by atoms with Crippen LogP contribution in [0, 0.1) is 0 Å². The second kappa shape index (κ2) is 8.90. The minimum atomic E-state index is -1.25. The van der Waals surface area contributed by atoms with Gasteiger partial charge in [0.05, 0.1) is 0 Å². The van der Waals surface area contributed by atoms with Gasteiger partial charge in [-0.15, -0.1) is 0 Å². The summed E-state index contributed by atoms with van der Waals surface area (Å²) < 4.78 is 0. The molecule has 7 nitrogen and oxygen atoms in total. The third-order valence-electron chi connectivity index (χ3n) is 3.48. The van der Waals surface area contributed by atoms with Gasteiger partial charge >= 0.3 is 12.0 Å². The van der Waals surface area contributed by atoms with E-state index in [9.17, 15) is 19.5 Å². The molecule has 24 heavy (non-hydrogen) atoms. The van der Waals surface area contributed by atoms with Crippen molar-refractivity contribution in [1.29, 1.82) is 0 Å². The Hall–Kier alpha value is -2.57. The fourth-order valence-electron chi connectivity index (χ4n) is 2.03. The van der Waals surface area contributed by atoms with E-state index in [1.807, 2.05) is 13.0 Å². The van der Waals surface area contributed by atoms with Crippen molar-refractivity contribution in [2.45, 2.75) is 51.6 Å². The average Bonchev–Trinajstić information content (AvgIpc) is 2.51. The summed E-state index contributed by atoms with van der Waals surface area (Å²) in [6, 6.07) is 7.31. The molecule has 0 saturated carbocycles. The Morgan fingerprint density at radius 3 is 2.33 bits per heavy atom. The molecule has 0 fully saturated rings. The molecule has 1 aromatic rings. The van der Waals surface area contributed by atoms with Gasteiger partial charge in [0.15, 0.2) is 0 Å². The van der Waals surface area contributed by atoms with Crippen LogP contribution in [0.15, 0.2) is 30.3 Å². The first-order chi connectivity index (χ1) is 11.3. The molecule has 3 amide bonds. The van der Waals surface area contributed by atoms with Crippen LogP contribution in [0.1, 0.15) is 40.0 Å². The SMILES string of the molecule is CCCCC(NC(=O)C(C)(C)NC(=O)Nc1ccccc1)C(=O)O. The molecule has 132 valence electrons. The molecule has 0 spiro atoms. The number of unbranched alkanes of at least 4 members (excludes halogenated alkanes) is 1. The van der Waals surface area contributed by atoms with E-state index in [0.717, 1.165) is 6.42 Å². The number of carboxylic acids is 1. The normalized spacial score (nSPS) is 12.1. The number of aliphatic carboxylic acids is 1. The predicted octanol–water partition coefficient (Wildman–Crippen LogP) is 2.35. The lowest BCUT2D eigenvalue weighted by Gasteiger charge is -2.27. The zero-order valence-electron chi connectivity index (χ0n) is 14.3. The summed E-state index contributed by atoms with van der Waals surface area (Å²) in [7, 11) is 0. The fourth-order valence-corrected chi connectivity index (χ4v) is 2.03. The molecule has 0 saturated heterocycles. The first kappa shape index (κ1) is 19.5. The lowest BCUT2D eigenvalue weighted by Crippen LogP contribution is -2.58. The second-order valence-electron chi connectivity index (χ2n) is 6.08. The van der Waals surface area contributed by atoms with E-state index in [1.54, 1.807) is 24.3 Å². The number of carbonyl (C=O) groups excluding carboxylic acids is 2. The molecule has 1 aromatic carbocycles. The van der Waals surface area contributed by atoms with Crippen LogP contribution in [0.3, 0.4) is 0 Å². The van der Waals surface area contributed by atoms with Crippen molar-refractivity contribution in [3.05, 3.63) is 30.3 Å². The fraction of sp³-hybridized carbons (Fsp3) is 0.471. The first-order valence-electron chi connectivity index (χ1n) is 7.94. The number of amides is 3. The number of anilines is 1. The summed E-state index contributed by atoms with van der Waals surface area (Å²) >= 11 is 0. The molecule has 0 aromatic heterocycles. The van der Waals surface area contributed by atoms with Crippen molar-refractivity contribution >= 4 is 23.6 Å². The molecule has 0 aliphatic carbocycles. The smallest absolute Gasteiger partial charge is 0.326 e. The number of nitrogens with one attached hydrogen (secondary N) is 3. The standard InChI is InChI=1S/C17H25N3O4/c1-4-5-11-13(14(21)22)19-15(23)17(2,3)20-16(24)18-12-9-7-6-8-10-12/h6-10,13H,4-5,11H2,1-3H3,(H,19,23)(H,21,22)(H2,18,20,24). The van der Waals surface area contributed by atoms with Gasteiger partial charge in [-0.25, -0.2) is 9.59 Å². The minimum Gasteiger partial charge on any atom is -0.480 e. The van der Waals surface area contributed by atoms with Crippen LogP contribution in [0.2, 0.25) is 0 Å². The zero-order chi connectivity index (χ0) is 18.2. The summed E-state index contributed by atoms with van der Waals surface area (Å²) in [6.45, 7) is 4.98. The third kappa shape index (κ3) is 6.28. The monoisotopic (exact) mass is 335 g/mol. The van der Waals surface area contributed by atoms with Gasteiger partial charge in [-0.05, 0) is 32.4 Å². The largest absolute Gasteiger partial charge is 0.480 e. The van der Waals surface area contributed by atoms with E-state index in [4.69, 9.17) is 0 Å². The molecule has 1 rings (SSSR count). The molecule has 0 bridgehead atoms. The molecule has 0 radical (unpaired) electrons. The Kier molecular flexibility index (Phi) is 7.23. The van der Waals surface area contributed by atoms with Crippen LogP contribution in [0.25, 0.3) is 0 Å². The molecule has 1 atom stereocenters. The van der Waals surface area contributed by atoms with Crippen LogP contribution < -0.4 is 16.0 Å². The third-order valence-corrected chi connectivity index (χ3v) is 3.48. The lowest BCUT2D eigenvalue weighted by molar-refractivity contribution is -0.142. The van der Waals surface area contributed by atoms with E-state index < -0.39 is 29.5 Å². The van der Waals surface area contributed by atoms with E-state index in [0.29, 0.717) is 18.5 Å². The van der Waals surface area contributed by atoms with Crippen LogP contribution in [-0.2, 0) is 9.59 Å². The van der Waals surface area contributed by atoms with Crippen LogP contribution in [-0.4, -0.2) is 34.6 Å². The van der Waals surface area contributed by atoms with Crippen molar-refractivity contribution in [2.75, 3.05) is 5.32 Å². The maximum Gasteiger partial charge on any atom is 0.326 e. The Bertz CT molecular complexity index is 572. The zero-order valence-corrected chi connectivity index (χ0v) is 14.3. The number of hydrogen-bond donors (Lipinski definition) is 4. The molecule has 4 N–H and O–H groups in total. The van der Waals surface area contributed by atoms with Gasteiger partial charge in [-0.1, -0.05) is 38.0 Å². The topological polar surface area (TPSA) is 108 Å². The van der Waals surface area contributed by atoms with Crippen molar-refractivity contribution in [2.24, 2.45) is 0 Å². The average molecular weight is 335 g/mol. The Labute approximate surface area is 141 Å². The highest BCUT2D eigenvalue weighted by Crippen LogP contribution is 2.09. The highest BCUT2D eigenvalue weighted by Gasteiger charge is 2.32. The number of para-hydroxylation sites is 1. The molecular formula is C17H25N3O4. The summed E-state index contributed by atoms with van der Waals surface area (Å²) in [5.74, 6) is -1.63. The number of urea groups is 1. The molecular weight excluding hydrogens is 310 g/mol. The van der Waals surface area contributed by atoms with Gasteiger partial charge < -0.3 is 21.1 Å². The van der Waals surface area contributed by atoms with Crippen molar-refractivity contribution in [1.82, 2.24) is 10.6 Å². The van der Waals surface area contributed by atoms with E-state index in [2.05, 4.69) is 16.0 Å². The lowest BCUT2D eigenvalue weighted by atomic mass is 10.0. The number of carbonyl (C=O) groups is 3. The highest BCUT2D eigenvalue weighted by atomic mass is 16.4. The summed E-state index contributed by atoms with van der Waals surface area (Å²) in [4.78, 5) is 35.5. The van der Waals surface area contributed by atoms with Crippen molar-refractivity contribution < 1.29 is 19.5 Å². The van der Waals surface area contributed by atoms with Gasteiger partial charge in [-0.2, -0.15) is 0 Å². The number of rotatable bonds is 8. The molecule has 0 heterocycles. The van der Waals surface area contributed by atoms with Crippen molar-refractivity contribution in [3.8, 4) is 0 Å². The summed E-state index contributed by atoms with van der Waals surface area (Å²) in [6.07, 6.45) is 1.88. The van der Waals surface area contributed by atoms with Crippen LogP contribution in [0.4, 0.5) is 10.5 Å². The van der Waals surface area contributed by atoms with E-state index >= 15 is 0 Å². The molecule has 7 heteroatoms. The van der Waals surface area contributed by atoms with Crippen LogP contribution in [0.5, 0.6) is 0 Å². The summed E-state index contributed by atoms with van der Waals surface area (Å²) in [5.41, 5.74) is -0.656. The van der Waals surface area contributed by atoms with E-state index in [-0.39, 0.29) is 0 Å². The maximum atomic E-state index is 12.3. The minimum absolute atomic E-state index is 0.351. The summed E-state index contributed by atoms with van der Waals surface area (Å²) in [5, 5.41) is 16.8. The van der Waals surface area contributed by atoms with Crippen LogP contribution >= 0.6 is 0 Å². The van der Waals surface area contributed by atoms with Crippen molar-refractivity contribution in [3.63, 3.8) is 0 Å². The molecule has 0 aliphatic heterocycles. The van der Waals surface area contributed by atoms with Gasteiger partial charge in [0.25, 0.3) is 0 Å². The van der Waals surface area contributed by atoms with Gasteiger partial charge in [-0.3, -0.25) is 4.79 Å². The highest BCUT2D eigenvalue weighted by molar-refractivity contribution is 5.96. The Balaban J connectivity index is 2.63. The second-order valence-corrected chi connectivity index (χ2v) is 6.08. The molecule has 0 aliphatic rings. The van der Waals surface area contributed by atoms with E-state index in [1.165, 1.54) is 13.8 Å². The number of benzene rings is 1. The number of hydrogen-bond acceptors (Lipinski definition) is 3. The quantitative estimate of drug-likeness (QED) is 0.585. The number of carboxylic acid groups (broad SMARTS) is 1. The van der Waals surface area contributed by atoms with Gasteiger partial charge in [0, 0.05) is 5.69 Å².